The van der Waals surface area contributed by atoms with E-state index < -0.39 is 0 Å². The Balaban J connectivity index is 2.05. The molecule has 1 heterocycles. The number of rotatable bonds is 4. The van der Waals surface area contributed by atoms with E-state index in [-0.39, 0.29) is 5.41 Å². The van der Waals surface area contributed by atoms with Gasteiger partial charge in [0.25, 0.3) is 0 Å². The van der Waals surface area contributed by atoms with Crippen LogP contribution in [0.4, 0.5) is 0 Å². The molecule has 0 aliphatic heterocycles. The number of likely N-dealkylation sites (N-methyl/N-ethyl adjacent to an activating group) is 1. The van der Waals surface area contributed by atoms with Crippen molar-refractivity contribution in [3.63, 3.8) is 0 Å². The van der Waals surface area contributed by atoms with Gasteiger partial charge in [-0.15, -0.1) is 10.2 Å². The predicted octanol–water partition coefficient (Wildman–Crippen LogP) is 1.66. The van der Waals surface area contributed by atoms with Crippen LogP contribution in [0.5, 0.6) is 0 Å². The van der Waals surface area contributed by atoms with Gasteiger partial charge in [0.15, 0.2) is 0 Å². The van der Waals surface area contributed by atoms with E-state index in [1.54, 1.807) is 0 Å². The van der Waals surface area contributed by atoms with E-state index in [2.05, 4.69) is 22.4 Å². The van der Waals surface area contributed by atoms with Crippen molar-refractivity contribution in [1.29, 1.82) is 0 Å². The normalized spacial score (nSPS) is 19.6. The van der Waals surface area contributed by atoms with Crippen molar-refractivity contribution >= 4 is 0 Å². The standard InChI is InChI=1S/C11H19N3O/c1-11(6-3-4-7-11)10-14-13-9(15-10)5-8-12-2/h12H,3-8H2,1-2H3. The van der Waals surface area contributed by atoms with Gasteiger partial charge < -0.3 is 9.73 Å². The SMILES string of the molecule is CNCCc1nnc(C2(C)CCCC2)o1. The third-order valence-corrected chi connectivity index (χ3v) is 3.28. The van der Waals surface area contributed by atoms with Crippen molar-refractivity contribution in [2.75, 3.05) is 13.6 Å². The lowest BCUT2D eigenvalue weighted by Crippen LogP contribution is -2.17. The molecule has 1 N–H and O–H groups in total. The molecule has 84 valence electrons. The Kier molecular flexibility index (Phi) is 3.05. The van der Waals surface area contributed by atoms with Gasteiger partial charge in [-0.3, -0.25) is 0 Å². The lowest BCUT2D eigenvalue weighted by Gasteiger charge is -2.17. The van der Waals surface area contributed by atoms with Crippen LogP contribution in [0.1, 0.15) is 44.4 Å². The summed E-state index contributed by atoms with van der Waals surface area (Å²) >= 11 is 0. The molecule has 1 fully saturated rings. The second kappa shape index (κ2) is 4.31. The Labute approximate surface area is 90.5 Å². The minimum Gasteiger partial charge on any atom is -0.425 e. The highest BCUT2D eigenvalue weighted by atomic mass is 16.4. The van der Waals surface area contributed by atoms with Crippen LogP contribution in [0, 0.1) is 0 Å². The van der Waals surface area contributed by atoms with Gasteiger partial charge in [-0.25, -0.2) is 0 Å². The molecule has 15 heavy (non-hydrogen) atoms. The number of aromatic nitrogens is 2. The molecule has 0 amide bonds. The van der Waals surface area contributed by atoms with Gasteiger partial charge in [-0.1, -0.05) is 19.8 Å². The molecule has 4 nitrogen and oxygen atoms in total. The van der Waals surface area contributed by atoms with Gasteiger partial charge in [-0.2, -0.15) is 0 Å². The number of nitrogens with one attached hydrogen (secondary N) is 1. The van der Waals surface area contributed by atoms with Gasteiger partial charge in [0.1, 0.15) is 0 Å². The summed E-state index contributed by atoms with van der Waals surface area (Å²) in [7, 11) is 1.93. The van der Waals surface area contributed by atoms with Crippen LogP contribution < -0.4 is 5.32 Å². The number of hydrogen-bond donors (Lipinski definition) is 1. The Morgan fingerprint density at radius 3 is 2.73 bits per heavy atom. The molecule has 0 saturated heterocycles. The van der Waals surface area contributed by atoms with E-state index in [9.17, 15) is 0 Å². The van der Waals surface area contributed by atoms with Crippen molar-refractivity contribution in [2.24, 2.45) is 0 Å². The fourth-order valence-electron chi connectivity index (χ4n) is 2.20. The first-order valence-electron chi connectivity index (χ1n) is 5.72. The molecule has 4 heteroatoms. The molecule has 0 aromatic carbocycles. The maximum atomic E-state index is 5.71. The average molecular weight is 209 g/mol. The summed E-state index contributed by atoms with van der Waals surface area (Å²) in [6.07, 6.45) is 5.75. The first-order chi connectivity index (χ1) is 7.24. The number of hydrogen-bond acceptors (Lipinski definition) is 4. The van der Waals surface area contributed by atoms with E-state index in [0.717, 1.165) is 24.7 Å². The van der Waals surface area contributed by atoms with E-state index in [1.807, 2.05) is 7.05 Å². The molecular formula is C11H19N3O. The maximum Gasteiger partial charge on any atom is 0.222 e. The fraction of sp³-hybridized carbons (Fsp3) is 0.818. The minimum atomic E-state index is 0.144. The van der Waals surface area contributed by atoms with E-state index in [4.69, 9.17) is 4.42 Å². The van der Waals surface area contributed by atoms with Crippen LogP contribution >= 0.6 is 0 Å². The summed E-state index contributed by atoms with van der Waals surface area (Å²) in [6.45, 7) is 3.12. The van der Waals surface area contributed by atoms with Crippen molar-refractivity contribution in [1.82, 2.24) is 15.5 Å². The highest BCUT2D eigenvalue weighted by Crippen LogP contribution is 2.39. The fourth-order valence-corrected chi connectivity index (χ4v) is 2.20. The third-order valence-electron chi connectivity index (χ3n) is 3.28. The highest BCUT2D eigenvalue weighted by Gasteiger charge is 2.35. The van der Waals surface area contributed by atoms with Gasteiger partial charge >= 0.3 is 0 Å². The Morgan fingerprint density at radius 2 is 2.07 bits per heavy atom. The van der Waals surface area contributed by atoms with Crippen molar-refractivity contribution in [3.8, 4) is 0 Å². The van der Waals surface area contributed by atoms with Crippen molar-refractivity contribution < 1.29 is 4.42 Å². The van der Waals surface area contributed by atoms with Crippen molar-refractivity contribution in [2.45, 2.75) is 44.4 Å². The third kappa shape index (κ3) is 2.20. The Bertz CT molecular complexity index is 315. The summed E-state index contributed by atoms with van der Waals surface area (Å²) in [5.41, 5.74) is 0.144. The van der Waals surface area contributed by atoms with Crippen LogP contribution in [0.3, 0.4) is 0 Å². The summed E-state index contributed by atoms with van der Waals surface area (Å²) in [5.74, 6) is 1.60. The van der Waals surface area contributed by atoms with E-state index >= 15 is 0 Å². The lowest BCUT2D eigenvalue weighted by molar-refractivity contribution is 0.336. The molecule has 1 aliphatic rings. The molecule has 2 rings (SSSR count). The molecule has 0 radical (unpaired) electrons. The second-order valence-electron chi connectivity index (χ2n) is 4.62. The van der Waals surface area contributed by atoms with Crippen LogP contribution in [-0.2, 0) is 11.8 Å². The Hall–Kier alpha value is -0.900. The molecule has 1 aliphatic carbocycles. The summed E-state index contributed by atoms with van der Waals surface area (Å²) in [4.78, 5) is 0. The molecule has 1 saturated carbocycles. The average Bonchev–Trinajstić information content (AvgIpc) is 2.84. The second-order valence-corrected chi connectivity index (χ2v) is 4.62. The van der Waals surface area contributed by atoms with Gasteiger partial charge in [0.05, 0.1) is 0 Å². The van der Waals surface area contributed by atoms with Gasteiger partial charge in [0.2, 0.25) is 11.8 Å². The van der Waals surface area contributed by atoms with Crippen molar-refractivity contribution in [3.05, 3.63) is 11.8 Å². The number of nitrogens with zero attached hydrogens (tertiary/aromatic N) is 2. The summed E-state index contributed by atoms with van der Waals surface area (Å²) in [6, 6.07) is 0. The molecule has 0 bridgehead atoms. The van der Waals surface area contributed by atoms with Gasteiger partial charge in [-0.05, 0) is 19.9 Å². The van der Waals surface area contributed by atoms with E-state index in [1.165, 1.54) is 25.7 Å². The Morgan fingerprint density at radius 1 is 1.33 bits per heavy atom. The van der Waals surface area contributed by atoms with Crippen LogP contribution in [0.15, 0.2) is 4.42 Å². The smallest absolute Gasteiger partial charge is 0.222 e. The maximum absolute atomic E-state index is 5.71. The highest BCUT2D eigenvalue weighted by molar-refractivity contribution is 5.04. The minimum absolute atomic E-state index is 0.144. The lowest BCUT2D eigenvalue weighted by atomic mass is 9.89. The predicted molar refractivity (Wildman–Crippen MR) is 57.7 cm³/mol. The first-order valence-corrected chi connectivity index (χ1v) is 5.72. The zero-order valence-electron chi connectivity index (χ0n) is 9.55. The monoisotopic (exact) mass is 209 g/mol. The van der Waals surface area contributed by atoms with Gasteiger partial charge in [0, 0.05) is 18.4 Å². The van der Waals surface area contributed by atoms with E-state index in [0.29, 0.717) is 0 Å². The molecular weight excluding hydrogens is 190 g/mol. The van der Waals surface area contributed by atoms with Crippen LogP contribution in [0.25, 0.3) is 0 Å². The topological polar surface area (TPSA) is 51.0 Å². The molecule has 0 atom stereocenters. The molecule has 0 unspecified atom stereocenters. The van der Waals surface area contributed by atoms with Crippen LogP contribution in [0.2, 0.25) is 0 Å². The quantitative estimate of drug-likeness (QED) is 0.819. The summed E-state index contributed by atoms with van der Waals surface area (Å²) in [5, 5.41) is 11.3. The first kappa shape index (κ1) is 10.6. The molecule has 1 aromatic heterocycles. The zero-order chi connectivity index (χ0) is 10.7. The molecule has 0 spiro atoms. The largest absolute Gasteiger partial charge is 0.425 e. The zero-order valence-corrected chi connectivity index (χ0v) is 9.55. The van der Waals surface area contributed by atoms with Crippen LogP contribution in [-0.4, -0.2) is 23.8 Å². The summed E-state index contributed by atoms with van der Waals surface area (Å²) < 4.78 is 5.71. The molecule has 1 aromatic rings.